The van der Waals surface area contributed by atoms with Gasteiger partial charge in [0.25, 0.3) is 0 Å². The number of aromatic nitrogens is 1. The number of esters is 1. The van der Waals surface area contributed by atoms with Crippen LogP contribution in [0.25, 0.3) is 0 Å². The Morgan fingerprint density at radius 1 is 1.42 bits per heavy atom. The molecule has 5 nitrogen and oxygen atoms in total. The zero-order chi connectivity index (χ0) is 14.6. The lowest BCUT2D eigenvalue weighted by atomic mass is 10.1. The van der Waals surface area contributed by atoms with Crippen LogP contribution in [0, 0.1) is 0 Å². The molecule has 0 saturated carbocycles. The van der Waals surface area contributed by atoms with Gasteiger partial charge < -0.3 is 14.9 Å². The van der Waals surface area contributed by atoms with E-state index < -0.39 is 30.0 Å². The molecule has 2 atom stereocenters. The molecule has 2 unspecified atom stereocenters. The van der Waals surface area contributed by atoms with Crippen LogP contribution in [0.5, 0.6) is 0 Å². The van der Waals surface area contributed by atoms with Crippen LogP contribution in [-0.2, 0) is 15.7 Å². The maximum atomic E-state index is 12.3. The summed E-state index contributed by atoms with van der Waals surface area (Å²) >= 11 is 0. The first-order valence-electron chi connectivity index (χ1n) is 5.33. The Labute approximate surface area is 106 Å². The maximum absolute atomic E-state index is 12.3. The summed E-state index contributed by atoms with van der Waals surface area (Å²) in [5.74, 6) is -1.06. The Kier molecular flexibility index (Phi) is 4.84. The van der Waals surface area contributed by atoms with Gasteiger partial charge in [-0.3, -0.25) is 4.98 Å². The Bertz CT molecular complexity index is 433. The summed E-state index contributed by atoms with van der Waals surface area (Å²) in [6.07, 6.45) is -7.42. The van der Waals surface area contributed by atoms with Crippen molar-refractivity contribution in [2.24, 2.45) is 0 Å². The highest BCUT2D eigenvalue weighted by Gasteiger charge is 2.33. The van der Waals surface area contributed by atoms with Crippen LogP contribution in [0.4, 0.5) is 13.2 Å². The van der Waals surface area contributed by atoms with Gasteiger partial charge in [-0.05, 0) is 13.0 Å². The molecular formula is C11H12F3NO4. The summed E-state index contributed by atoms with van der Waals surface area (Å²) in [6, 6.07) is 1.58. The standard InChI is InChI=1S/C11H12F3NO4/c1-2-19-10(18)9(17)8(16)6-3-4-7(15-5-6)11(12,13)14/h3-5,8-9,16-17H,2H2,1H3. The number of halogens is 3. The molecule has 0 aliphatic heterocycles. The fourth-order valence-corrected chi connectivity index (χ4v) is 1.29. The fourth-order valence-electron chi connectivity index (χ4n) is 1.29. The topological polar surface area (TPSA) is 79.7 Å². The predicted molar refractivity (Wildman–Crippen MR) is 56.8 cm³/mol. The molecule has 0 fully saturated rings. The van der Waals surface area contributed by atoms with Crippen molar-refractivity contribution in [1.82, 2.24) is 4.98 Å². The zero-order valence-electron chi connectivity index (χ0n) is 9.89. The number of carbonyl (C=O) groups is 1. The number of hydrogen-bond donors (Lipinski definition) is 2. The molecule has 0 saturated heterocycles. The van der Waals surface area contributed by atoms with Crippen LogP contribution in [0.2, 0.25) is 0 Å². The van der Waals surface area contributed by atoms with E-state index >= 15 is 0 Å². The van der Waals surface area contributed by atoms with E-state index in [1.165, 1.54) is 6.92 Å². The van der Waals surface area contributed by atoms with Gasteiger partial charge in [0, 0.05) is 11.8 Å². The monoisotopic (exact) mass is 279 g/mol. The second-order valence-electron chi connectivity index (χ2n) is 3.62. The molecule has 2 N–H and O–H groups in total. The molecule has 0 radical (unpaired) electrons. The second-order valence-corrected chi connectivity index (χ2v) is 3.62. The van der Waals surface area contributed by atoms with Crippen molar-refractivity contribution in [3.63, 3.8) is 0 Å². The number of aliphatic hydroxyl groups excluding tert-OH is 2. The quantitative estimate of drug-likeness (QED) is 0.806. The van der Waals surface area contributed by atoms with Crippen LogP contribution in [0.15, 0.2) is 18.3 Å². The fraction of sp³-hybridized carbons (Fsp3) is 0.455. The highest BCUT2D eigenvalue weighted by atomic mass is 19.4. The summed E-state index contributed by atoms with van der Waals surface area (Å²) in [4.78, 5) is 14.3. The van der Waals surface area contributed by atoms with E-state index in [-0.39, 0.29) is 12.2 Å². The highest BCUT2D eigenvalue weighted by molar-refractivity contribution is 5.75. The van der Waals surface area contributed by atoms with Gasteiger partial charge in [0.1, 0.15) is 11.8 Å². The molecule has 0 aliphatic carbocycles. The molecule has 1 aromatic rings. The van der Waals surface area contributed by atoms with Gasteiger partial charge in [-0.15, -0.1) is 0 Å². The van der Waals surface area contributed by atoms with Crippen molar-refractivity contribution in [3.8, 4) is 0 Å². The minimum absolute atomic E-state index is 0.00781. The predicted octanol–water partition coefficient (Wildman–Crippen LogP) is 1.06. The van der Waals surface area contributed by atoms with Crippen LogP contribution >= 0.6 is 0 Å². The van der Waals surface area contributed by atoms with Gasteiger partial charge in [0.05, 0.1) is 6.61 Å². The molecule has 1 rings (SSSR count). The SMILES string of the molecule is CCOC(=O)C(O)C(O)c1ccc(C(F)(F)F)nc1. The Hall–Kier alpha value is -1.67. The number of aliphatic hydroxyl groups is 2. The molecular weight excluding hydrogens is 267 g/mol. The third-order valence-electron chi connectivity index (χ3n) is 2.25. The summed E-state index contributed by atoms with van der Waals surface area (Å²) in [6.45, 7) is 1.52. The molecule has 8 heteroatoms. The Morgan fingerprint density at radius 2 is 2.05 bits per heavy atom. The van der Waals surface area contributed by atoms with Crippen LogP contribution in [-0.4, -0.2) is 33.9 Å². The number of alkyl halides is 3. The van der Waals surface area contributed by atoms with Crippen molar-refractivity contribution >= 4 is 5.97 Å². The number of rotatable bonds is 4. The molecule has 0 bridgehead atoms. The maximum Gasteiger partial charge on any atom is 0.433 e. The lowest BCUT2D eigenvalue weighted by Gasteiger charge is -2.16. The number of ether oxygens (including phenoxy) is 1. The third kappa shape index (κ3) is 3.90. The largest absolute Gasteiger partial charge is 0.464 e. The summed E-state index contributed by atoms with van der Waals surface area (Å²) < 4.78 is 41.3. The van der Waals surface area contributed by atoms with Gasteiger partial charge in [-0.25, -0.2) is 4.79 Å². The Morgan fingerprint density at radius 3 is 2.47 bits per heavy atom. The van der Waals surface area contributed by atoms with Gasteiger partial charge in [0.2, 0.25) is 0 Å². The first-order valence-corrected chi connectivity index (χ1v) is 5.33. The van der Waals surface area contributed by atoms with Crippen LogP contribution in [0.1, 0.15) is 24.3 Å². The molecule has 0 spiro atoms. The lowest BCUT2D eigenvalue weighted by molar-refractivity contribution is -0.159. The molecule has 106 valence electrons. The minimum Gasteiger partial charge on any atom is -0.464 e. The van der Waals surface area contributed by atoms with Gasteiger partial charge in [-0.2, -0.15) is 13.2 Å². The van der Waals surface area contributed by atoms with E-state index in [1.54, 1.807) is 0 Å². The molecule has 0 aliphatic rings. The first-order chi connectivity index (χ1) is 8.77. The highest BCUT2D eigenvalue weighted by Crippen LogP contribution is 2.28. The van der Waals surface area contributed by atoms with E-state index in [1.807, 2.05) is 0 Å². The number of pyridine rings is 1. The van der Waals surface area contributed by atoms with Gasteiger partial charge >= 0.3 is 12.1 Å². The molecule has 1 heterocycles. The van der Waals surface area contributed by atoms with E-state index in [0.29, 0.717) is 6.07 Å². The molecule has 19 heavy (non-hydrogen) atoms. The summed E-state index contributed by atoms with van der Waals surface area (Å²) in [5, 5.41) is 19.0. The lowest BCUT2D eigenvalue weighted by Crippen LogP contribution is -2.30. The second kappa shape index (κ2) is 5.98. The van der Waals surface area contributed by atoms with Crippen molar-refractivity contribution in [2.75, 3.05) is 6.61 Å². The molecule has 0 aromatic carbocycles. The first kappa shape index (κ1) is 15.4. The van der Waals surface area contributed by atoms with Crippen LogP contribution in [0.3, 0.4) is 0 Å². The average Bonchev–Trinajstić information content (AvgIpc) is 2.36. The number of carbonyl (C=O) groups excluding carboxylic acids is 1. The average molecular weight is 279 g/mol. The zero-order valence-corrected chi connectivity index (χ0v) is 9.89. The normalized spacial score (nSPS) is 14.8. The minimum atomic E-state index is -4.59. The smallest absolute Gasteiger partial charge is 0.433 e. The van der Waals surface area contributed by atoms with E-state index in [9.17, 15) is 28.2 Å². The summed E-state index contributed by atoms with van der Waals surface area (Å²) in [5.41, 5.74) is -1.25. The van der Waals surface area contributed by atoms with Gasteiger partial charge in [-0.1, -0.05) is 6.07 Å². The van der Waals surface area contributed by atoms with Crippen molar-refractivity contribution < 1.29 is 32.9 Å². The van der Waals surface area contributed by atoms with Gasteiger partial charge in [0.15, 0.2) is 6.10 Å². The number of nitrogens with zero attached hydrogens (tertiary/aromatic N) is 1. The Balaban J connectivity index is 2.83. The summed E-state index contributed by atoms with van der Waals surface area (Å²) in [7, 11) is 0. The van der Waals surface area contributed by atoms with Crippen molar-refractivity contribution in [3.05, 3.63) is 29.6 Å². The van der Waals surface area contributed by atoms with Crippen molar-refractivity contribution in [1.29, 1.82) is 0 Å². The van der Waals surface area contributed by atoms with E-state index in [4.69, 9.17) is 0 Å². The van der Waals surface area contributed by atoms with E-state index in [2.05, 4.69) is 9.72 Å². The third-order valence-corrected chi connectivity index (χ3v) is 2.25. The van der Waals surface area contributed by atoms with Crippen LogP contribution < -0.4 is 0 Å². The molecule has 1 aromatic heterocycles. The molecule has 0 amide bonds. The van der Waals surface area contributed by atoms with E-state index in [0.717, 1.165) is 12.3 Å². The number of hydrogen-bond acceptors (Lipinski definition) is 5. The van der Waals surface area contributed by atoms with Crippen molar-refractivity contribution in [2.45, 2.75) is 25.3 Å².